The summed E-state index contributed by atoms with van der Waals surface area (Å²) in [5, 5.41) is 0. The second-order valence-electron chi connectivity index (χ2n) is 10.8. The molecule has 0 amide bonds. The molecule has 1 nitrogen and oxygen atoms in total. The minimum Gasteiger partial charge on any atom is -0.414 e. The molecule has 0 aliphatic heterocycles. The molecule has 0 unspecified atom stereocenters. The number of halogens is 10. The average Bonchev–Trinajstić information content (AvgIpc) is 2.92. The first-order valence-electron chi connectivity index (χ1n) is 14.1. The van der Waals surface area contributed by atoms with Gasteiger partial charge in [-0.2, -0.15) is 0 Å². The van der Waals surface area contributed by atoms with E-state index in [1.165, 1.54) is 0 Å². The first kappa shape index (κ1) is 34.1. The van der Waals surface area contributed by atoms with Gasteiger partial charge in [-0.15, -0.1) is 8.78 Å². The molecule has 2 saturated carbocycles. The lowest BCUT2D eigenvalue weighted by Gasteiger charge is -2.25. The SMILES string of the molecule is FCC/C=C/C1CCC(CCF)CC1.Fc1cc(-c2c(F)cc(C3CCC(F)CC3)cc2F)cc(F)c1OC(F)(F)Cl. The molecule has 234 valence electrons. The Labute approximate surface area is 245 Å². The van der Waals surface area contributed by atoms with E-state index in [2.05, 4.69) is 22.4 Å². The molecule has 42 heavy (non-hydrogen) atoms. The smallest absolute Gasteiger partial charge is 0.414 e. The molecule has 0 radical (unpaired) electrons. The van der Waals surface area contributed by atoms with E-state index in [1.807, 2.05) is 6.08 Å². The largest absolute Gasteiger partial charge is 0.487 e. The zero-order valence-electron chi connectivity index (χ0n) is 22.9. The minimum atomic E-state index is -4.36. The summed E-state index contributed by atoms with van der Waals surface area (Å²) < 4.78 is 123. The lowest BCUT2D eigenvalue weighted by molar-refractivity contribution is -0.100. The second-order valence-corrected chi connectivity index (χ2v) is 11.2. The average molecular weight is 629 g/mol. The van der Waals surface area contributed by atoms with Crippen LogP contribution in [0.4, 0.5) is 39.5 Å². The molecule has 0 atom stereocenters. The Morgan fingerprint density at radius 3 is 1.86 bits per heavy atom. The molecule has 0 bridgehead atoms. The van der Waals surface area contributed by atoms with Crippen LogP contribution in [0.2, 0.25) is 0 Å². The highest BCUT2D eigenvalue weighted by Gasteiger charge is 2.32. The van der Waals surface area contributed by atoms with Crippen molar-refractivity contribution >= 4 is 11.6 Å². The third-order valence-corrected chi connectivity index (χ3v) is 7.87. The van der Waals surface area contributed by atoms with Crippen molar-refractivity contribution in [2.24, 2.45) is 11.8 Å². The number of hydrogen-bond acceptors (Lipinski definition) is 1. The molecule has 0 aromatic heterocycles. The monoisotopic (exact) mass is 628 g/mol. The van der Waals surface area contributed by atoms with Crippen molar-refractivity contribution in [1.82, 2.24) is 0 Å². The van der Waals surface area contributed by atoms with Crippen molar-refractivity contribution in [3.05, 3.63) is 65.2 Å². The maximum absolute atomic E-state index is 14.5. The molecule has 2 aromatic rings. The van der Waals surface area contributed by atoms with Gasteiger partial charge >= 0.3 is 5.57 Å². The van der Waals surface area contributed by atoms with Gasteiger partial charge in [0, 0.05) is 11.6 Å². The van der Waals surface area contributed by atoms with Crippen LogP contribution in [0.5, 0.6) is 5.75 Å². The van der Waals surface area contributed by atoms with Crippen LogP contribution in [-0.4, -0.2) is 25.1 Å². The molecule has 2 fully saturated rings. The number of alkyl halides is 6. The summed E-state index contributed by atoms with van der Waals surface area (Å²) in [6.45, 7) is -0.430. The third kappa shape index (κ3) is 10.1. The second kappa shape index (κ2) is 15.9. The fraction of sp³-hybridized carbons (Fsp3) is 0.548. The van der Waals surface area contributed by atoms with Gasteiger partial charge in [0.2, 0.25) is 0 Å². The zero-order valence-corrected chi connectivity index (χ0v) is 23.7. The van der Waals surface area contributed by atoms with Crippen LogP contribution in [0, 0.1) is 35.1 Å². The predicted octanol–water partition coefficient (Wildman–Crippen LogP) is 11.1. The lowest BCUT2D eigenvalue weighted by Crippen LogP contribution is -2.17. The van der Waals surface area contributed by atoms with E-state index >= 15 is 0 Å². The van der Waals surface area contributed by atoms with E-state index in [0.717, 1.165) is 44.2 Å². The fourth-order valence-corrected chi connectivity index (χ4v) is 5.66. The lowest BCUT2D eigenvalue weighted by atomic mass is 9.80. The van der Waals surface area contributed by atoms with Crippen molar-refractivity contribution in [3.8, 4) is 16.9 Å². The van der Waals surface area contributed by atoms with Crippen molar-refractivity contribution in [1.29, 1.82) is 0 Å². The molecule has 2 aliphatic rings. The third-order valence-electron chi connectivity index (χ3n) is 7.79. The summed E-state index contributed by atoms with van der Waals surface area (Å²) in [5.74, 6) is -5.81. The van der Waals surface area contributed by atoms with E-state index < -0.39 is 51.9 Å². The number of benzene rings is 2. The van der Waals surface area contributed by atoms with Gasteiger partial charge in [0.25, 0.3) is 0 Å². The quantitative estimate of drug-likeness (QED) is 0.152. The van der Waals surface area contributed by atoms with E-state index in [-0.39, 0.29) is 19.3 Å². The van der Waals surface area contributed by atoms with Crippen LogP contribution in [-0.2, 0) is 0 Å². The Balaban J connectivity index is 0.000000291. The molecule has 11 heteroatoms. The highest BCUT2D eigenvalue weighted by atomic mass is 35.5. The van der Waals surface area contributed by atoms with Gasteiger partial charge in [-0.05, 0) is 117 Å². The summed E-state index contributed by atoms with van der Waals surface area (Å²) in [6.07, 6.45) is 10.5. The Hall–Kier alpha value is -2.36. The molecule has 0 saturated heterocycles. The molecular formula is C31H34ClF9O. The molecule has 0 heterocycles. The van der Waals surface area contributed by atoms with Gasteiger partial charge < -0.3 is 4.74 Å². The Bertz CT molecular complexity index is 1120. The number of rotatable bonds is 9. The summed E-state index contributed by atoms with van der Waals surface area (Å²) in [4.78, 5) is 0. The van der Waals surface area contributed by atoms with Crippen molar-refractivity contribution in [2.45, 2.75) is 81.9 Å². The molecule has 0 spiro atoms. The topological polar surface area (TPSA) is 9.23 Å². The van der Waals surface area contributed by atoms with Crippen LogP contribution in [0.1, 0.15) is 75.7 Å². The summed E-state index contributed by atoms with van der Waals surface area (Å²) in [6, 6.07) is 3.01. The highest BCUT2D eigenvalue weighted by molar-refractivity contribution is 6.20. The first-order valence-corrected chi connectivity index (χ1v) is 14.5. The van der Waals surface area contributed by atoms with Crippen molar-refractivity contribution in [3.63, 3.8) is 0 Å². The van der Waals surface area contributed by atoms with Crippen LogP contribution in [0.15, 0.2) is 36.4 Å². The Kier molecular flexibility index (Phi) is 12.9. The number of ether oxygens (including phenoxy) is 1. The predicted molar refractivity (Wildman–Crippen MR) is 145 cm³/mol. The van der Waals surface area contributed by atoms with Gasteiger partial charge in [0.1, 0.15) is 17.8 Å². The highest BCUT2D eigenvalue weighted by Crippen LogP contribution is 2.39. The van der Waals surface area contributed by atoms with Crippen molar-refractivity contribution < 1.29 is 44.3 Å². The molecule has 4 rings (SSSR count). The normalized spacial score (nSPS) is 23.0. The van der Waals surface area contributed by atoms with Crippen LogP contribution in [0.25, 0.3) is 11.1 Å². The number of allylic oxidation sites excluding steroid dienone is 2. The summed E-state index contributed by atoms with van der Waals surface area (Å²) >= 11 is 4.49. The van der Waals surface area contributed by atoms with Crippen LogP contribution >= 0.6 is 11.6 Å². The standard InChI is InChI=1S/C19H14ClF7O.C12H20F2/c20-19(26,27)28-18-15(24)7-11(8-16(18)25)17-13(22)5-10(6-14(17)23)9-1-3-12(21)4-2-9;13-9-2-1-3-11-4-6-12(7-5-11)8-10-14/h5-9,12H,1-4H2;1,3,11-12H,2,4-10H2/b;3-1+. The maximum atomic E-state index is 14.5. The van der Waals surface area contributed by atoms with Gasteiger partial charge in [-0.25, -0.2) is 22.0 Å². The molecule has 2 aromatic carbocycles. The van der Waals surface area contributed by atoms with Gasteiger partial charge in [0.15, 0.2) is 17.4 Å². The number of hydrogen-bond donors (Lipinski definition) is 0. The molecular weight excluding hydrogens is 595 g/mol. The van der Waals surface area contributed by atoms with Crippen LogP contribution < -0.4 is 4.74 Å². The Morgan fingerprint density at radius 2 is 1.36 bits per heavy atom. The maximum Gasteiger partial charge on any atom is 0.487 e. The van der Waals surface area contributed by atoms with Gasteiger partial charge in [-0.3, -0.25) is 8.78 Å². The Morgan fingerprint density at radius 1 is 0.786 bits per heavy atom. The fourth-order valence-electron chi connectivity index (χ4n) is 5.58. The summed E-state index contributed by atoms with van der Waals surface area (Å²) in [5.41, 5.74) is -5.28. The van der Waals surface area contributed by atoms with E-state index in [4.69, 9.17) is 0 Å². The van der Waals surface area contributed by atoms with E-state index in [0.29, 0.717) is 61.6 Å². The molecule has 0 N–H and O–H groups in total. The van der Waals surface area contributed by atoms with E-state index in [1.54, 1.807) is 0 Å². The van der Waals surface area contributed by atoms with Gasteiger partial charge in [-0.1, -0.05) is 12.2 Å². The van der Waals surface area contributed by atoms with E-state index in [9.17, 15) is 39.5 Å². The van der Waals surface area contributed by atoms with Crippen LogP contribution in [0.3, 0.4) is 0 Å². The first-order chi connectivity index (χ1) is 19.9. The zero-order chi connectivity index (χ0) is 30.9. The van der Waals surface area contributed by atoms with Crippen molar-refractivity contribution in [2.75, 3.05) is 13.3 Å². The summed E-state index contributed by atoms with van der Waals surface area (Å²) in [7, 11) is 0. The minimum absolute atomic E-state index is 0.174. The van der Waals surface area contributed by atoms with Gasteiger partial charge in [0.05, 0.1) is 18.9 Å². The molecule has 2 aliphatic carbocycles.